The lowest BCUT2D eigenvalue weighted by Gasteiger charge is -2.25. The van der Waals surface area contributed by atoms with Crippen molar-refractivity contribution in [1.29, 1.82) is 0 Å². The Labute approximate surface area is 126 Å². The molecule has 21 heavy (non-hydrogen) atoms. The van der Waals surface area contributed by atoms with Crippen LogP contribution in [0.1, 0.15) is 18.0 Å². The summed E-state index contributed by atoms with van der Waals surface area (Å²) in [6, 6.07) is 6.08. The molecule has 1 aromatic rings. The Morgan fingerprint density at radius 3 is 2.76 bits per heavy atom. The quantitative estimate of drug-likeness (QED) is 0.903. The summed E-state index contributed by atoms with van der Waals surface area (Å²) in [5.41, 5.74) is 7.52. The maximum absolute atomic E-state index is 6.39. The molecule has 0 amide bonds. The summed E-state index contributed by atoms with van der Waals surface area (Å²) < 4.78 is 11.2. The highest BCUT2D eigenvalue weighted by Gasteiger charge is 2.18. The first-order chi connectivity index (χ1) is 10.2. The molecule has 1 aromatic carbocycles. The average molecular weight is 291 g/mol. The molecule has 0 bridgehead atoms. The zero-order valence-corrected chi connectivity index (χ0v) is 12.8. The lowest BCUT2D eigenvalue weighted by Crippen LogP contribution is -2.35. The molecule has 0 radical (unpaired) electrons. The molecule has 2 heterocycles. The van der Waals surface area contributed by atoms with Gasteiger partial charge in [-0.15, -0.1) is 0 Å². The minimum Gasteiger partial charge on any atom is -0.486 e. The molecule has 5 nitrogen and oxygen atoms in total. The highest BCUT2D eigenvalue weighted by molar-refractivity contribution is 5.44. The Balaban J connectivity index is 1.63. The summed E-state index contributed by atoms with van der Waals surface area (Å²) >= 11 is 0. The number of ether oxygens (including phenoxy) is 2. The predicted octanol–water partition coefficient (Wildman–Crippen LogP) is 1.10. The van der Waals surface area contributed by atoms with E-state index in [2.05, 4.69) is 22.9 Å². The molecule has 0 spiro atoms. The highest BCUT2D eigenvalue weighted by Crippen LogP contribution is 2.32. The van der Waals surface area contributed by atoms with Crippen molar-refractivity contribution in [2.24, 2.45) is 5.73 Å². The van der Waals surface area contributed by atoms with E-state index in [1.807, 2.05) is 12.1 Å². The lowest BCUT2D eigenvalue weighted by molar-refractivity contribution is 0.171. The number of hydrogen-bond donors (Lipinski definition) is 1. The first kappa shape index (κ1) is 14.6. The van der Waals surface area contributed by atoms with Gasteiger partial charge >= 0.3 is 0 Å². The Hall–Kier alpha value is -1.30. The van der Waals surface area contributed by atoms with Gasteiger partial charge in [0.2, 0.25) is 0 Å². The number of likely N-dealkylation sites (N-methyl/N-ethyl adjacent to an activating group) is 1. The molecule has 0 aliphatic carbocycles. The third-order valence-corrected chi connectivity index (χ3v) is 4.26. The predicted molar refractivity (Wildman–Crippen MR) is 82.9 cm³/mol. The van der Waals surface area contributed by atoms with E-state index in [1.165, 1.54) is 13.0 Å². The van der Waals surface area contributed by atoms with Gasteiger partial charge in [0, 0.05) is 25.7 Å². The second-order valence-corrected chi connectivity index (χ2v) is 5.97. The maximum atomic E-state index is 6.39. The van der Waals surface area contributed by atoms with Gasteiger partial charge < -0.3 is 25.0 Å². The van der Waals surface area contributed by atoms with Gasteiger partial charge in [-0.2, -0.15) is 0 Å². The monoisotopic (exact) mass is 291 g/mol. The van der Waals surface area contributed by atoms with Crippen molar-refractivity contribution in [3.8, 4) is 11.5 Å². The molecular formula is C16H25N3O2. The molecule has 2 aliphatic heterocycles. The van der Waals surface area contributed by atoms with Crippen molar-refractivity contribution in [1.82, 2.24) is 9.80 Å². The van der Waals surface area contributed by atoms with Gasteiger partial charge in [-0.25, -0.2) is 0 Å². The van der Waals surface area contributed by atoms with Gasteiger partial charge in [-0.3, -0.25) is 0 Å². The second-order valence-electron chi connectivity index (χ2n) is 5.97. The van der Waals surface area contributed by atoms with Crippen LogP contribution in [0.4, 0.5) is 0 Å². The maximum Gasteiger partial charge on any atom is 0.161 e. The average Bonchev–Trinajstić information content (AvgIpc) is 2.71. The van der Waals surface area contributed by atoms with Crippen LogP contribution >= 0.6 is 0 Å². The van der Waals surface area contributed by atoms with Gasteiger partial charge in [0.15, 0.2) is 11.5 Å². The fourth-order valence-electron chi connectivity index (χ4n) is 2.96. The van der Waals surface area contributed by atoms with Gasteiger partial charge in [0.05, 0.1) is 0 Å². The third kappa shape index (κ3) is 3.67. The number of rotatable bonds is 3. The Kier molecular flexibility index (Phi) is 4.63. The van der Waals surface area contributed by atoms with Crippen molar-refractivity contribution in [2.75, 3.05) is 53.0 Å². The van der Waals surface area contributed by atoms with Crippen LogP contribution in [-0.4, -0.2) is 62.8 Å². The minimum absolute atomic E-state index is 0.0178. The molecule has 0 saturated carbocycles. The van der Waals surface area contributed by atoms with Crippen LogP contribution in [-0.2, 0) is 0 Å². The molecule has 1 fully saturated rings. The fraction of sp³-hybridized carbons (Fsp3) is 0.625. The SMILES string of the molecule is CN1CCCN(CC(N)c2ccc3c(c2)OCCO3)CC1. The molecule has 1 saturated heterocycles. The molecule has 2 N–H and O–H groups in total. The number of nitrogens with zero attached hydrogens (tertiary/aromatic N) is 2. The molecular weight excluding hydrogens is 266 g/mol. The molecule has 116 valence electrons. The van der Waals surface area contributed by atoms with Crippen LogP contribution < -0.4 is 15.2 Å². The Morgan fingerprint density at radius 1 is 1.10 bits per heavy atom. The number of benzene rings is 1. The first-order valence-corrected chi connectivity index (χ1v) is 7.78. The number of hydrogen-bond acceptors (Lipinski definition) is 5. The van der Waals surface area contributed by atoms with Crippen LogP contribution in [0.2, 0.25) is 0 Å². The topological polar surface area (TPSA) is 51.0 Å². The van der Waals surface area contributed by atoms with E-state index in [9.17, 15) is 0 Å². The van der Waals surface area contributed by atoms with Gasteiger partial charge in [-0.1, -0.05) is 6.07 Å². The van der Waals surface area contributed by atoms with Gasteiger partial charge in [0.25, 0.3) is 0 Å². The summed E-state index contributed by atoms with van der Waals surface area (Å²) in [5, 5.41) is 0. The normalized spacial score (nSPS) is 21.8. The van der Waals surface area contributed by atoms with E-state index < -0.39 is 0 Å². The molecule has 1 unspecified atom stereocenters. The van der Waals surface area contributed by atoms with E-state index in [0.717, 1.165) is 43.2 Å². The molecule has 5 heteroatoms. The van der Waals surface area contributed by atoms with E-state index in [-0.39, 0.29) is 6.04 Å². The molecule has 2 aliphatic rings. The second kappa shape index (κ2) is 6.64. The van der Waals surface area contributed by atoms with E-state index in [1.54, 1.807) is 0 Å². The van der Waals surface area contributed by atoms with Crippen LogP contribution in [0.25, 0.3) is 0 Å². The zero-order chi connectivity index (χ0) is 14.7. The molecule has 0 aromatic heterocycles. The Bertz CT molecular complexity index is 481. The number of fused-ring (bicyclic) bond motifs is 1. The van der Waals surface area contributed by atoms with Crippen LogP contribution in [0.3, 0.4) is 0 Å². The third-order valence-electron chi connectivity index (χ3n) is 4.26. The van der Waals surface area contributed by atoms with Crippen LogP contribution in [0.15, 0.2) is 18.2 Å². The van der Waals surface area contributed by atoms with Crippen molar-refractivity contribution in [3.05, 3.63) is 23.8 Å². The fourth-order valence-corrected chi connectivity index (χ4v) is 2.96. The van der Waals surface area contributed by atoms with Crippen molar-refractivity contribution >= 4 is 0 Å². The summed E-state index contributed by atoms with van der Waals surface area (Å²) in [4.78, 5) is 4.85. The van der Waals surface area contributed by atoms with E-state index in [0.29, 0.717) is 13.2 Å². The van der Waals surface area contributed by atoms with E-state index >= 15 is 0 Å². The van der Waals surface area contributed by atoms with Crippen molar-refractivity contribution in [2.45, 2.75) is 12.5 Å². The first-order valence-electron chi connectivity index (χ1n) is 7.78. The standard InChI is InChI=1S/C16H25N3O2/c1-18-5-2-6-19(8-7-18)12-14(17)13-3-4-15-16(11-13)21-10-9-20-15/h3-4,11,14H,2,5-10,12,17H2,1H3. The minimum atomic E-state index is 0.0178. The smallest absolute Gasteiger partial charge is 0.161 e. The molecule has 3 rings (SSSR count). The van der Waals surface area contributed by atoms with Crippen LogP contribution in [0.5, 0.6) is 11.5 Å². The van der Waals surface area contributed by atoms with Gasteiger partial charge in [0.1, 0.15) is 13.2 Å². The Morgan fingerprint density at radius 2 is 1.90 bits per heavy atom. The lowest BCUT2D eigenvalue weighted by atomic mass is 10.1. The largest absolute Gasteiger partial charge is 0.486 e. The van der Waals surface area contributed by atoms with Crippen LogP contribution in [0, 0.1) is 0 Å². The summed E-state index contributed by atoms with van der Waals surface area (Å²) in [6.45, 7) is 6.65. The van der Waals surface area contributed by atoms with E-state index in [4.69, 9.17) is 15.2 Å². The summed E-state index contributed by atoms with van der Waals surface area (Å²) in [5.74, 6) is 1.65. The highest BCUT2D eigenvalue weighted by atomic mass is 16.6. The summed E-state index contributed by atoms with van der Waals surface area (Å²) in [6.07, 6.45) is 1.21. The van der Waals surface area contributed by atoms with Crippen molar-refractivity contribution in [3.63, 3.8) is 0 Å². The number of nitrogens with two attached hydrogens (primary N) is 1. The van der Waals surface area contributed by atoms with Crippen molar-refractivity contribution < 1.29 is 9.47 Å². The van der Waals surface area contributed by atoms with Gasteiger partial charge in [-0.05, 0) is 44.3 Å². The molecule has 1 atom stereocenters. The zero-order valence-electron chi connectivity index (χ0n) is 12.8. The summed E-state index contributed by atoms with van der Waals surface area (Å²) in [7, 11) is 2.18.